The van der Waals surface area contributed by atoms with Crippen molar-refractivity contribution in [1.82, 2.24) is 5.32 Å². The fourth-order valence-electron chi connectivity index (χ4n) is 1.95. The molecule has 1 rings (SSSR count). The first-order chi connectivity index (χ1) is 6.42. The summed E-state index contributed by atoms with van der Waals surface area (Å²) in [6, 6.07) is 0.703. The van der Waals surface area contributed by atoms with E-state index in [1.165, 1.54) is 25.8 Å². The molecule has 1 aliphatic carbocycles. The largest absolute Gasteiger partial charge is 0.314 e. The van der Waals surface area contributed by atoms with Gasteiger partial charge in [-0.1, -0.05) is 27.7 Å². The van der Waals surface area contributed by atoms with Crippen LogP contribution in [0.3, 0.4) is 0 Å². The Morgan fingerprint density at radius 2 is 1.79 bits per heavy atom. The minimum Gasteiger partial charge on any atom is -0.314 e. The van der Waals surface area contributed by atoms with E-state index in [0.717, 1.165) is 11.8 Å². The minimum absolute atomic E-state index is 0.630. The second-order valence-electron chi connectivity index (χ2n) is 6.17. The molecule has 1 saturated carbocycles. The van der Waals surface area contributed by atoms with Gasteiger partial charge in [-0.05, 0) is 50.0 Å². The van der Waals surface area contributed by atoms with E-state index in [-0.39, 0.29) is 0 Å². The van der Waals surface area contributed by atoms with Crippen LogP contribution in [0.25, 0.3) is 0 Å². The molecule has 0 saturated heterocycles. The lowest BCUT2D eigenvalue weighted by Gasteiger charge is -2.15. The topological polar surface area (TPSA) is 12.0 Å². The van der Waals surface area contributed by atoms with E-state index in [4.69, 9.17) is 0 Å². The van der Waals surface area contributed by atoms with Crippen LogP contribution in [0.5, 0.6) is 0 Å². The Kier molecular flexibility index (Phi) is 4.00. The van der Waals surface area contributed by atoms with E-state index in [0.29, 0.717) is 11.5 Å². The highest BCUT2D eigenvalue weighted by atomic mass is 14.9. The molecule has 0 bridgehead atoms. The van der Waals surface area contributed by atoms with Crippen molar-refractivity contribution in [3.05, 3.63) is 0 Å². The number of hydrogen-bond donors (Lipinski definition) is 1. The summed E-state index contributed by atoms with van der Waals surface area (Å²) in [7, 11) is 0. The fourth-order valence-corrected chi connectivity index (χ4v) is 1.95. The average Bonchev–Trinajstić information content (AvgIpc) is 2.67. The van der Waals surface area contributed by atoms with Gasteiger partial charge in [0, 0.05) is 6.04 Å². The molecule has 1 heteroatoms. The van der Waals surface area contributed by atoms with Crippen LogP contribution in [0.2, 0.25) is 0 Å². The van der Waals surface area contributed by atoms with Gasteiger partial charge >= 0.3 is 0 Å². The van der Waals surface area contributed by atoms with Gasteiger partial charge in [0.2, 0.25) is 0 Å². The number of nitrogens with one attached hydrogen (secondary N) is 1. The third kappa shape index (κ3) is 4.00. The second-order valence-corrected chi connectivity index (χ2v) is 6.17. The van der Waals surface area contributed by atoms with Crippen LogP contribution in [0.1, 0.15) is 53.9 Å². The van der Waals surface area contributed by atoms with Crippen LogP contribution < -0.4 is 5.32 Å². The summed E-state index contributed by atoms with van der Waals surface area (Å²) < 4.78 is 0. The van der Waals surface area contributed by atoms with E-state index in [2.05, 4.69) is 39.9 Å². The first-order valence-corrected chi connectivity index (χ1v) is 6.15. The Labute approximate surface area is 89.7 Å². The molecular formula is C13H27N. The molecule has 1 nitrogen and oxygen atoms in total. The van der Waals surface area contributed by atoms with Gasteiger partial charge in [0.15, 0.2) is 0 Å². The fraction of sp³-hybridized carbons (Fsp3) is 1.00. The molecular weight excluding hydrogens is 170 g/mol. The Balaban J connectivity index is 2.02. The second kappa shape index (κ2) is 4.65. The van der Waals surface area contributed by atoms with Crippen LogP contribution in [0, 0.1) is 17.3 Å². The van der Waals surface area contributed by atoms with Crippen molar-refractivity contribution in [2.75, 3.05) is 6.54 Å². The molecule has 2 atom stereocenters. The lowest BCUT2D eigenvalue weighted by Crippen LogP contribution is -2.29. The maximum atomic E-state index is 3.66. The van der Waals surface area contributed by atoms with Crippen molar-refractivity contribution < 1.29 is 0 Å². The standard InChI is InChI=1S/C13H27N/c1-10(2)6-7-11(3)14-9-12-8-13(12,4)5/h10-12,14H,6-9H2,1-5H3. The predicted octanol–water partition coefficient (Wildman–Crippen LogP) is 3.45. The lowest BCUT2D eigenvalue weighted by molar-refractivity contribution is 0.427. The zero-order valence-electron chi connectivity index (χ0n) is 10.6. The van der Waals surface area contributed by atoms with Crippen LogP contribution in [-0.4, -0.2) is 12.6 Å². The molecule has 0 radical (unpaired) electrons. The molecule has 0 heterocycles. The zero-order valence-corrected chi connectivity index (χ0v) is 10.6. The third-order valence-corrected chi connectivity index (χ3v) is 3.61. The van der Waals surface area contributed by atoms with E-state index >= 15 is 0 Å². The van der Waals surface area contributed by atoms with Crippen LogP contribution in [0.4, 0.5) is 0 Å². The molecule has 0 aliphatic heterocycles. The quantitative estimate of drug-likeness (QED) is 0.688. The third-order valence-electron chi connectivity index (χ3n) is 3.61. The van der Waals surface area contributed by atoms with Crippen molar-refractivity contribution in [2.45, 2.75) is 59.9 Å². The van der Waals surface area contributed by atoms with Crippen molar-refractivity contribution in [1.29, 1.82) is 0 Å². The Bertz CT molecular complexity index is 172. The zero-order chi connectivity index (χ0) is 10.8. The number of rotatable bonds is 6. The normalized spacial score (nSPS) is 26.6. The van der Waals surface area contributed by atoms with Gasteiger partial charge in [-0.15, -0.1) is 0 Å². The summed E-state index contributed by atoms with van der Waals surface area (Å²) in [5.74, 6) is 1.78. The molecule has 0 aromatic rings. The minimum atomic E-state index is 0.630. The summed E-state index contributed by atoms with van der Waals surface area (Å²) in [5.41, 5.74) is 0.630. The summed E-state index contributed by atoms with van der Waals surface area (Å²) >= 11 is 0. The molecule has 0 spiro atoms. The molecule has 14 heavy (non-hydrogen) atoms. The first kappa shape index (κ1) is 12.0. The van der Waals surface area contributed by atoms with Gasteiger partial charge < -0.3 is 5.32 Å². The predicted molar refractivity (Wildman–Crippen MR) is 63.4 cm³/mol. The highest BCUT2D eigenvalue weighted by Crippen LogP contribution is 2.51. The SMILES string of the molecule is CC(C)CCC(C)NCC1CC1(C)C. The molecule has 0 aromatic heterocycles. The van der Waals surface area contributed by atoms with Crippen LogP contribution in [-0.2, 0) is 0 Å². The molecule has 2 unspecified atom stereocenters. The Morgan fingerprint density at radius 1 is 1.21 bits per heavy atom. The van der Waals surface area contributed by atoms with Crippen molar-refractivity contribution in [3.63, 3.8) is 0 Å². The van der Waals surface area contributed by atoms with Crippen molar-refractivity contribution in [3.8, 4) is 0 Å². The first-order valence-electron chi connectivity index (χ1n) is 6.15. The molecule has 0 amide bonds. The lowest BCUT2D eigenvalue weighted by atomic mass is 10.0. The van der Waals surface area contributed by atoms with Gasteiger partial charge in [0.25, 0.3) is 0 Å². The van der Waals surface area contributed by atoms with E-state index < -0.39 is 0 Å². The van der Waals surface area contributed by atoms with E-state index in [1.807, 2.05) is 0 Å². The van der Waals surface area contributed by atoms with Gasteiger partial charge in [0.1, 0.15) is 0 Å². The summed E-state index contributed by atoms with van der Waals surface area (Å²) in [6.45, 7) is 12.9. The van der Waals surface area contributed by atoms with Gasteiger partial charge in [-0.3, -0.25) is 0 Å². The molecule has 1 fully saturated rings. The summed E-state index contributed by atoms with van der Waals surface area (Å²) in [6.07, 6.45) is 4.09. The molecule has 1 N–H and O–H groups in total. The van der Waals surface area contributed by atoms with Crippen molar-refractivity contribution >= 4 is 0 Å². The Hall–Kier alpha value is -0.0400. The molecule has 0 aromatic carbocycles. The molecule has 84 valence electrons. The summed E-state index contributed by atoms with van der Waals surface area (Å²) in [4.78, 5) is 0. The molecule has 1 aliphatic rings. The van der Waals surface area contributed by atoms with Crippen molar-refractivity contribution in [2.24, 2.45) is 17.3 Å². The van der Waals surface area contributed by atoms with Crippen LogP contribution >= 0.6 is 0 Å². The Morgan fingerprint density at radius 3 is 2.21 bits per heavy atom. The highest BCUT2D eigenvalue weighted by molar-refractivity contribution is 4.96. The van der Waals surface area contributed by atoms with Crippen LogP contribution in [0.15, 0.2) is 0 Å². The monoisotopic (exact) mass is 197 g/mol. The maximum absolute atomic E-state index is 3.66. The van der Waals surface area contributed by atoms with Gasteiger partial charge in [-0.25, -0.2) is 0 Å². The maximum Gasteiger partial charge on any atom is 0.00389 e. The van der Waals surface area contributed by atoms with E-state index in [9.17, 15) is 0 Å². The highest BCUT2D eigenvalue weighted by Gasteiger charge is 2.44. The van der Waals surface area contributed by atoms with Gasteiger partial charge in [0.05, 0.1) is 0 Å². The number of hydrogen-bond acceptors (Lipinski definition) is 1. The van der Waals surface area contributed by atoms with Gasteiger partial charge in [-0.2, -0.15) is 0 Å². The summed E-state index contributed by atoms with van der Waals surface area (Å²) in [5, 5.41) is 3.66. The smallest absolute Gasteiger partial charge is 0.00389 e. The van der Waals surface area contributed by atoms with E-state index in [1.54, 1.807) is 0 Å². The average molecular weight is 197 g/mol.